The van der Waals surface area contributed by atoms with Crippen molar-refractivity contribution in [2.45, 2.75) is 4.90 Å². The molecule has 0 saturated heterocycles. The lowest BCUT2D eigenvalue weighted by atomic mass is 10.1. The van der Waals surface area contributed by atoms with E-state index >= 15 is 0 Å². The molecule has 0 radical (unpaired) electrons. The van der Waals surface area contributed by atoms with Crippen molar-refractivity contribution >= 4 is 37.3 Å². The molecule has 0 amide bonds. The first-order valence-corrected chi connectivity index (χ1v) is 9.13. The standard InChI is InChI=1S/C16H12ClNO6S/c1-24-16-9-7-14(25(17,22)23)10-12(16)4-8-15(19)11-2-5-13(6-3-11)18(20)21/h2-10H,1H3/b8-4+. The number of carbonyl (C=O) groups is 1. The summed E-state index contributed by atoms with van der Waals surface area (Å²) in [6.07, 6.45) is 2.60. The van der Waals surface area contributed by atoms with Crippen LogP contribution in [0.4, 0.5) is 5.69 Å². The largest absolute Gasteiger partial charge is 0.496 e. The monoisotopic (exact) mass is 381 g/mol. The van der Waals surface area contributed by atoms with Crippen LogP contribution in [0.3, 0.4) is 0 Å². The number of non-ortho nitro benzene ring substituents is 1. The van der Waals surface area contributed by atoms with Crippen LogP contribution >= 0.6 is 10.7 Å². The van der Waals surface area contributed by atoms with Crippen LogP contribution in [0, 0.1) is 10.1 Å². The van der Waals surface area contributed by atoms with Gasteiger partial charge in [-0.15, -0.1) is 0 Å². The van der Waals surface area contributed by atoms with Gasteiger partial charge in [0.25, 0.3) is 14.7 Å². The average molecular weight is 382 g/mol. The molecule has 0 bridgehead atoms. The van der Waals surface area contributed by atoms with Gasteiger partial charge in [-0.25, -0.2) is 8.42 Å². The van der Waals surface area contributed by atoms with Gasteiger partial charge >= 0.3 is 0 Å². The second-order valence-corrected chi connectivity index (χ2v) is 7.41. The Morgan fingerprint density at radius 2 is 1.84 bits per heavy atom. The highest BCUT2D eigenvalue weighted by atomic mass is 35.7. The predicted octanol–water partition coefficient (Wildman–Crippen LogP) is 3.43. The van der Waals surface area contributed by atoms with Crippen molar-refractivity contribution in [3.8, 4) is 5.75 Å². The Balaban J connectivity index is 2.31. The number of carbonyl (C=O) groups excluding carboxylic acids is 1. The minimum Gasteiger partial charge on any atom is -0.496 e. The van der Waals surface area contributed by atoms with Gasteiger partial charge in [0.1, 0.15) is 5.75 Å². The molecule has 0 aliphatic rings. The number of nitro groups is 1. The molecule has 130 valence electrons. The smallest absolute Gasteiger partial charge is 0.269 e. The van der Waals surface area contributed by atoms with E-state index in [0.717, 1.165) is 0 Å². The molecule has 2 aromatic rings. The first kappa shape index (κ1) is 18.6. The average Bonchev–Trinajstić information content (AvgIpc) is 2.58. The van der Waals surface area contributed by atoms with Crippen molar-refractivity contribution in [1.82, 2.24) is 0 Å². The molecule has 2 rings (SSSR count). The number of benzene rings is 2. The fourth-order valence-electron chi connectivity index (χ4n) is 2.00. The molecule has 0 fully saturated rings. The zero-order valence-corrected chi connectivity index (χ0v) is 14.5. The van der Waals surface area contributed by atoms with Gasteiger partial charge in [0.15, 0.2) is 5.78 Å². The van der Waals surface area contributed by atoms with Crippen LogP contribution < -0.4 is 4.74 Å². The Kier molecular flexibility index (Phi) is 5.55. The summed E-state index contributed by atoms with van der Waals surface area (Å²) in [6.45, 7) is 0. The van der Waals surface area contributed by atoms with E-state index in [1.54, 1.807) is 0 Å². The number of methoxy groups -OCH3 is 1. The Morgan fingerprint density at radius 1 is 1.20 bits per heavy atom. The van der Waals surface area contributed by atoms with Crippen molar-refractivity contribution in [2.24, 2.45) is 0 Å². The van der Waals surface area contributed by atoms with Crippen molar-refractivity contribution in [2.75, 3.05) is 7.11 Å². The number of halogens is 1. The Labute approximate surface area is 148 Å². The second kappa shape index (κ2) is 7.45. The van der Waals surface area contributed by atoms with Crippen LogP contribution in [0.15, 0.2) is 53.4 Å². The predicted molar refractivity (Wildman–Crippen MR) is 92.5 cm³/mol. The number of ketones is 1. The van der Waals surface area contributed by atoms with Gasteiger partial charge in [0, 0.05) is 33.9 Å². The highest BCUT2D eigenvalue weighted by molar-refractivity contribution is 8.13. The molecular formula is C16H12ClNO6S. The van der Waals surface area contributed by atoms with Gasteiger partial charge in [-0.05, 0) is 42.5 Å². The Bertz CT molecular complexity index is 951. The molecule has 0 unspecified atom stereocenters. The number of rotatable bonds is 6. The van der Waals surface area contributed by atoms with Crippen LogP contribution in [0.2, 0.25) is 0 Å². The van der Waals surface area contributed by atoms with Crippen molar-refractivity contribution in [3.05, 3.63) is 69.8 Å². The minimum atomic E-state index is -3.92. The summed E-state index contributed by atoms with van der Waals surface area (Å²) in [5.41, 5.74) is 0.476. The van der Waals surface area contributed by atoms with Gasteiger partial charge in [-0.2, -0.15) is 0 Å². The van der Waals surface area contributed by atoms with Crippen molar-refractivity contribution in [1.29, 1.82) is 0 Å². The number of hydrogen-bond acceptors (Lipinski definition) is 6. The maximum absolute atomic E-state index is 12.1. The Hall–Kier alpha value is -2.71. The third-order valence-electron chi connectivity index (χ3n) is 3.26. The second-order valence-electron chi connectivity index (χ2n) is 4.84. The molecule has 7 nitrogen and oxygen atoms in total. The van der Waals surface area contributed by atoms with E-state index in [4.69, 9.17) is 15.4 Å². The van der Waals surface area contributed by atoms with E-state index in [2.05, 4.69) is 0 Å². The summed E-state index contributed by atoms with van der Waals surface area (Å²) in [5.74, 6) is -0.0482. The highest BCUT2D eigenvalue weighted by Gasteiger charge is 2.13. The molecule has 9 heteroatoms. The number of nitrogens with zero attached hydrogens (tertiary/aromatic N) is 1. The van der Waals surface area contributed by atoms with Gasteiger partial charge < -0.3 is 4.74 Å². The lowest BCUT2D eigenvalue weighted by Gasteiger charge is -2.06. The van der Waals surface area contributed by atoms with Crippen molar-refractivity contribution < 1.29 is 22.9 Å². The van der Waals surface area contributed by atoms with Crippen LogP contribution in [0.5, 0.6) is 5.75 Å². The van der Waals surface area contributed by atoms with E-state index < -0.39 is 19.8 Å². The van der Waals surface area contributed by atoms with E-state index in [9.17, 15) is 23.3 Å². The molecule has 0 N–H and O–H groups in total. The number of ether oxygens (including phenoxy) is 1. The molecule has 0 aromatic heterocycles. The SMILES string of the molecule is COc1ccc(S(=O)(=O)Cl)cc1/C=C/C(=O)c1ccc([N+](=O)[O-])cc1. The van der Waals surface area contributed by atoms with E-state index in [1.165, 1.54) is 61.7 Å². The van der Waals surface area contributed by atoms with Gasteiger partial charge in [0.2, 0.25) is 0 Å². The fraction of sp³-hybridized carbons (Fsp3) is 0.0625. The first-order chi connectivity index (χ1) is 11.7. The topological polar surface area (TPSA) is 104 Å². The molecule has 2 aromatic carbocycles. The zero-order chi connectivity index (χ0) is 18.6. The molecule has 0 heterocycles. The normalized spacial score (nSPS) is 11.4. The summed E-state index contributed by atoms with van der Waals surface area (Å²) in [6, 6.07) is 9.11. The first-order valence-electron chi connectivity index (χ1n) is 6.82. The van der Waals surface area contributed by atoms with Crippen LogP contribution in [0.1, 0.15) is 15.9 Å². The van der Waals surface area contributed by atoms with Crippen LogP contribution in [0.25, 0.3) is 6.08 Å². The molecule has 25 heavy (non-hydrogen) atoms. The third-order valence-corrected chi connectivity index (χ3v) is 4.61. The van der Waals surface area contributed by atoms with Gasteiger partial charge in [-0.3, -0.25) is 14.9 Å². The molecule has 0 saturated carbocycles. The summed E-state index contributed by atoms with van der Waals surface area (Å²) in [4.78, 5) is 22.1. The third kappa shape index (κ3) is 4.65. The molecule has 0 spiro atoms. The van der Waals surface area contributed by atoms with E-state index in [0.29, 0.717) is 11.3 Å². The van der Waals surface area contributed by atoms with Gasteiger partial charge in [0.05, 0.1) is 16.9 Å². The molecule has 0 atom stereocenters. The highest BCUT2D eigenvalue weighted by Crippen LogP contribution is 2.25. The maximum Gasteiger partial charge on any atom is 0.269 e. The van der Waals surface area contributed by atoms with Crippen molar-refractivity contribution in [3.63, 3.8) is 0 Å². The summed E-state index contributed by atoms with van der Waals surface area (Å²) >= 11 is 0. The zero-order valence-electron chi connectivity index (χ0n) is 12.9. The summed E-state index contributed by atoms with van der Waals surface area (Å²) in [5, 5.41) is 10.6. The molecule has 0 aliphatic heterocycles. The molecule has 0 aliphatic carbocycles. The maximum atomic E-state index is 12.1. The summed E-state index contributed by atoms with van der Waals surface area (Å²) in [7, 11) is 2.79. The van der Waals surface area contributed by atoms with Crippen LogP contribution in [-0.4, -0.2) is 26.2 Å². The van der Waals surface area contributed by atoms with Crippen LogP contribution in [-0.2, 0) is 9.05 Å². The Morgan fingerprint density at radius 3 is 2.36 bits per heavy atom. The summed E-state index contributed by atoms with van der Waals surface area (Å²) < 4.78 is 27.9. The van der Waals surface area contributed by atoms with Gasteiger partial charge in [-0.1, -0.05) is 0 Å². The van der Waals surface area contributed by atoms with E-state index in [-0.39, 0.29) is 16.1 Å². The lowest BCUT2D eigenvalue weighted by molar-refractivity contribution is -0.384. The number of nitro benzene ring substituents is 1. The number of hydrogen-bond donors (Lipinski definition) is 0. The lowest BCUT2D eigenvalue weighted by Crippen LogP contribution is -1.96. The minimum absolute atomic E-state index is 0.123. The van der Waals surface area contributed by atoms with E-state index in [1.807, 2.05) is 0 Å². The molecular weight excluding hydrogens is 370 g/mol. The number of allylic oxidation sites excluding steroid dienone is 1. The fourth-order valence-corrected chi connectivity index (χ4v) is 2.79. The quantitative estimate of drug-likeness (QED) is 0.249.